The Morgan fingerprint density at radius 1 is 0.753 bits per heavy atom. The van der Waals surface area contributed by atoms with Gasteiger partial charge in [0.1, 0.15) is 54.4 Å². The van der Waals surface area contributed by atoms with Crippen molar-refractivity contribution in [2.24, 2.45) is 23.3 Å². The molecule has 2 aromatic rings. The fourth-order valence-corrected chi connectivity index (χ4v) is 8.19. The minimum Gasteiger partial charge on any atom is -0.481 e. The first-order valence-corrected chi connectivity index (χ1v) is 24.3. The first kappa shape index (κ1) is 60.2. The molecule has 1 aliphatic rings. The highest BCUT2D eigenvalue weighted by Crippen LogP contribution is 2.23. The lowest BCUT2D eigenvalue weighted by molar-refractivity contribution is -0.146. The summed E-state index contributed by atoms with van der Waals surface area (Å²) >= 11 is 0. The second-order valence-corrected chi connectivity index (χ2v) is 19.1. The number of amides is 9. The molecule has 0 aliphatic carbocycles. The molecule has 25 nitrogen and oxygen atoms in total. The number of primary amides is 1. The predicted octanol–water partition coefficient (Wildman–Crippen LogP) is -1.90. The summed E-state index contributed by atoms with van der Waals surface area (Å²) in [5.41, 5.74) is 12.1. The van der Waals surface area contributed by atoms with Crippen molar-refractivity contribution in [3.63, 3.8) is 0 Å². The van der Waals surface area contributed by atoms with Crippen molar-refractivity contribution in [2.75, 3.05) is 13.6 Å². The quantitative estimate of drug-likeness (QED) is 0.0443. The van der Waals surface area contributed by atoms with E-state index in [1.54, 1.807) is 58.2 Å². The number of aliphatic carboxylic acids is 2. The molecule has 3 rings (SSSR count). The number of aliphatic hydroxyl groups is 1. The fraction of sp³-hybridized carbons (Fsp3) is 0.604. The third-order valence-corrected chi connectivity index (χ3v) is 12.6. The second kappa shape index (κ2) is 27.6. The number of carbonyl (C=O) groups excluding carboxylic acids is 9. The van der Waals surface area contributed by atoms with Crippen molar-refractivity contribution in [3.8, 4) is 0 Å². The van der Waals surface area contributed by atoms with E-state index in [2.05, 4.69) is 36.9 Å². The summed E-state index contributed by atoms with van der Waals surface area (Å²) in [5, 5.41) is 44.4. The van der Waals surface area contributed by atoms with Crippen molar-refractivity contribution in [3.05, 3.63) is 36.0 Å². The Morgan fingerprint density at radius 2 is 1.29 bits per heavy atom. The van der Waals surface area contributed by atoms with E-state index < -0.39 is 150 Å². The monoisotopic (exact) mass is 1030 g/mol. The van der Waals surface area contributed by atoms with E-state index in [0.717, 1.165) is 0 Å². The minimum atomic E-state index is -1.96. The molecule has 0 saturated carbocycles. The lowest BCUT2D eigenvalue weighted by atomic mass is 9.98. The number of aliphatic hydroxyl groups excluding tert-OH is 1. The average molecular weight is 1030 g/mol. The maximum atomic E-state index is 14.6. The number of rotatable bonds is 28. The van der Waals surface area contributed by atoms with Crippen molar-refractivity contribution in [1.82, 2.24) is 46.7 Å². The van der Waals surface area contributed by atoms with Crippen LogP contribution in [0.2, 0.25) is 0 Å². The van der Waals surface area contributed by atoms with Crippen molar-refractivity contribution >= 4 is 76.0 Å². The molecule has 0 spiro atoms. The molecular weight excluding hydrogens is 955 g/mol. The van der Waals surface area contributed by atoms with Crippen LogP contribution in [0.15, 0.2) is 30.5 Å². The van der Waals surface area contributed by atoms with Crippen LogP contribution in [0.5, 0.6) is 0 Å². The fourth-order valence-electron chi connectivity index (χ4n) is 8.19. The molecule has 1 aromatic heterocycles. The molecule has 0 bridgehead atoms. The Labute approximate surface area is 423 Å². The van der Waals surface area contributed by atoms with Gasteiger partial charge in [0.05, 0.1) is 18.9 Å². The molecule has 73 heavy (non-hydrogen) atoms. The zero-order valence-electron chi connectivity index (χ0n) is 42.6. The van der Waals surface area contributed by atoms with Gasteiger partial charge < -0.3 is 73.5 Å². The van der Waals surface area contributed by atoms with E-state index >= 15 is 0 Å². The van der Waals surface area contributed by atoms with Gasteiger partial charge in [0.2, 0.25) is 53.2 Å². The van der Waals surface area contributed by atoms with Gasteiger partial charge in [0, 0.05) is 37.1 Å². The zero-order chi connectivity index (χ0) is 55.0. The van der Waals surface area contributed by atoms with Crippen LogP contribution < -0.4 is 43.4 Å². The van der Waals surface area contributed by atoms with Gasteiger partial charge in [0.25, 0.3) is 0 Å². The predicted molar refractivity (Wildman–Crippen MR) is 263 cm³/mol. The third-order valence-electron chi connectivity index (χ3n) is 12.6. The summed E-state index contributed by atoms with van der Waals surface area (Å²) < 4.78 is 0. The van der Waals surface area contributed by atoms with Crippen LogP contribution in [0.1, 0.15) is 99.0 Å². The Hall–Kier alpha value is -7.15. The highest BCUT2D eigenvalue weighted by Gasteiger charge is 2.42. The number of carboxylic acid groups (broad SMARTS) is 2. The number of unbranched alkanes of at least 4 members (excludes halogenated alkanes) is 1. The molecule has 14 N–H and O–H groups in total. The van der Waals surface area contributed by atoms with E-state index in [9.17, 15) is 68.1 Å². The number of carboxylic acids is 2. The topological polar surface area (TPSA) is 395 Å². The number of para-hydroxylation sites is 1. The molecule has 1 aromatic carbocycles. The first-order valence-electron chi connectivity index (χ1n) is 24.3. The number of nitrogens with two attached hydrogens (primary N) is 2. The van der Waals surface area contributed by atoms with Crippen LogP contribution in [0, 0.1) is 11.8 Å². The van der Waals surface area contributed by atoms with Crippen molar-refractivity contribution in [2.45, 2.75) is 160 Å². The third kappa shape index (κ3) is 17.0. The van der Waals surface area contributed by atoms with Crippen LogP contribution in [0.25, 0.3) is 10.9 Å². The molecular formula is C48H73N11O14. The van der Waals surface area contributed by atoms with Crippen LogP contribution in [0.3, 0.4) is 0 Å². The summed E-state index contributed by atoms with van der Waals surface area (Å²) in [6.07, 6.45) is -0.185. The van der Waals surface area contributed by atoms with Gasteiger partial charge in [-0.15, -0.1) is 0 Å². The number of fused-ring (bicyclic) bond motifs is 1. The van der Waals surface area contributed by atoms with E-state index in [1.807, 2.05) is 6.92 Å². The summed E-state index contributed by atoms with van der Waals surface area (Å²) in [6.45, 7) is 11.4. The molecule has 0 radical (unpaired) electrons. The summed E-state index contributed by atoms with van der Waals surface area (Å²) in [7, 11) is 1.37. The number of nitrogens with zero attached hydrogens (tertiary/aromatic N) is 2. The maximum absolute atomic E-state index is 14.6. The molecule has 10 atom stereocenters. The number of aromatic amines is 1. The number of nitrogens with one attached hydrogen (secondary N) is 7. The first-order chi connectivity index (χ1) is 34.2. The highest BCUT2D eigenvalue weighted by atomic mass is 16.4. The Morgan fingerprint density at radius 3 is 1.82 bits per heavy atom. The molecule has 1 fully saturated rings. The van der Waals surface area contributed by atoms with Crippen molar-refractivity contribution in [1.29, 1.82) is 0 Å². The van der Waals surface area contributed by atoms with Gasteiger partial charge in [-0.1, -0.05) is 65.7 Å². The maximum Gasteiger partial charge on any atom is 0.305 e. The summed E-state index contributed by atoms with van der Waals surface area (Å²) in [6, 6.07) is -5.60. The summed E-state index contributed by atoms with van der Waals surface area (Å²) in [4.78, 5) is 152. The van der Waals surface area contributed by atoms with Crippen molar-refractivity contribution < 1.29 is 68.1 Å². The number of hydrogen-bond acceptors (Lipinski definition) is 13. The molecule has 9 amide bonds. The van der Waals surface area contributed by atoms with Gasteiger partial charge in [-0.25, -0.2) is 0 Å². The SMILES string of the molecule is CCCC[C@@H](C(=O)N[C@H](C(=O)N1CCC[C@H]1C(=O)N[C@@H](C)C(N)=O)C(C)C)N(C)C(=O)[C@@H](NC(=O)[C@H](Cc1c[nH]c2ccccc12)NC(=O)[C@H](CC(=O)O)NC(=O)[C@H](CC(=O)O)NC(=O)[C@@H](N)[C@@H](C)O)C(C)C. The number of H-pyrrole nitrogens is 1. The summed E-state index contributed by atoms with van der Waals surface area (Å²) in [5.74, 6) is -12.1. The van der Waals surface area contributed by atoms with Gasteiger partial charge in [-0.05, 0) is 56.6 Å². The average Bonchev–Trinajstić information content (AvgIpc) is 3.98. The normalized spacial score (nSPS) is 17.2. The van der Waals surface area contributed by atoms with E-state index in [0.29, 0.717) is 42.1 Å². The van der Waals surface area contributed by atoms with Gasteiger partial charge in [0.15, 0.2) is 0 Å². The van der Waals surface area contributed by atoms with E-state index in [-0.39, 0.29) is 19.4 Å². The van der Waals surface area contributed by atoms with Crippen LogP contribution in [0.4, 0.5) is 0 Å². The van der Waals surface area contributed by atoms with E-state index in [1.165, 1.54) is 30.7 Å². The Kier molecular flexibility index (Phi) is 22.8. The highest BCUT2D eigenvalue weighted by molar-refractivity contribution is 6.00. The number of likely N-dealkylation sites (tertiary alicyclic amines) is 1. The van der Waals surface area contributed by atoms with Gasteiger partial charge >= 0.3 is 11.9 Å². The molecule has 1 saturated heterocycles. The molecule has 0 unspecified atom stereocenters. The number of benzene rings is 1. The lowest BCUT2D eigenvalue weighted by Crippen LogP contribution is -2.62. The minimum absolute atomic E-state index is 0.141. The van der Waals surface area contributed by atoms with Crippen LogP contribution in [-0.4, -0.2) is 169 Å². The molecule has 1 aliphatic heterocycles. The number of likely N-dealkylation sites (N-methyl/N-ethyl adjacent to an activating group) is 1. The smallest absolute Gasteiger partial charge is 0.305 e. The standard InChI is InChI=1S/C48H73N11O14/c1-9-10-16-33(44(69)57-39(24(4)5)48(73)59-18-13-17-34(59)45(70)52-25(6)40(50)65)58(8)47(72)38(23(2)3)56-43(68)30(19-27-22-51-29-15-12-11-14-28(27)29)53-41(66)31(20-35(61)62)54-42(67)32(21-36(63)64)55-46(71)37(49)26(7)60/h11-12,14-15,22-26,30-34,37-39,51,60H,9-10,13,16-21,49H2,1-8H3,(H2,50,65)(H,52,70)(H,53,66)(H,54,67)(H,55,71)(H,56,68)(H,57,69)(H,61,62)(H,63,64)/t25-,26+,30-,31-,32-,33-,34-,37-,38-,39-/m0/s1. The number of hydrogen-bond donors (Lipinski definition) is 12. The zero-order valence-corrected chi connectivity index (χ0v) is 42.6. The van der Waals surface area contributed by atoms with Crippen LogP contribution >= 0.6 is 0 Å². The largest absolute Gasteiger partial charge is 0.481 e. The molecule has 2 heterocycles. The van der Waals surface area contributed by atoms with Crippen LogP contribution in [-0.2, 0) is 59.2 Å². The Balaban J connectivity index is 1.96. The molecule has 25 heteroatoms. The van der Waals surface area contributed by atoms with Gasteiger partial charge in [-0.2, -0.15) is 0 Å². The molecule has 404 valence electrons. The van der Waals surface area contributed by atoms with Gasteiger partial charge in [-0.3, -0.25) is 52.7 Å². The number of aromatic nitrogens is 1. The second-order valence-electron chi connectivity index (χ2n) is 19.1. The lowest BCUT2D eigenvalue weighted by Gasteiger charge is -2.35. The van der Waals surface area contributed by atoms with E-state index in [4.69, 9.17) is 11.5 Å². The number of carbonyl (C=O) groups is 11. The Bertz CT molecular complexity index is 2340.